The summed E-state index contributed by atoms with van der Waals surface area (Å²) in [6.45, 7) is 3.59. The van der Waals surface area contributed by atoms with Gasteiger partial charge in [0.2, 0.25) is 0 Å². The van der Waals surface area contributed by atoms with Crippen LogP contribution in [0.25, 0.3) is 0 Å². The first-order chi connectivity index (χ1) is 9.32. The number of hydrogen-bond donors (Lipinski definition) is 1. The van der Waals surface area contributed by atoms with Crippen LogP contribution in [-0.2, 0) is 6.18 Å². The summed E-state index contributed by atoms with van der Waals surface area (Å²) in [4.78, 5) is 13.0. The van der Waals surface area contributed by atoms with Gasteiger partial charge in [-0.3, -0.25) is 0 Å². The van der Waals surface area contributed by atoms with Gasteiger partial charge in [0.15, 0.2) is 0 Å². The van der Waals surface area contributed by atoms with Gasteiger partial charge in [-0.25, -0.2) is 4.79 Å². The highest BCUT2D eigenvalue weighted by Gasteiger charge is 2.36. The van der Waals surface area contributed by atoms with Crippen molar-refractivity contribution in [2.45, 2.75) is 25.9 Å². The van der Waals surface area contributed by atoms with Crippen LogP contribution in [-0.4, -0.2) is 24.2 Å². The second kappa shape index (κ2) is 5.34. The Balaban J connectivity index is 2.34. The van der Waals surface area contributed by atoms with E-state index in [-0.39, 0.29) is 0 Å². The standard InChI is InChI=1S/C14H16F3NO2/c1-2-9-5-6-18(8-9)10-3-4-12(14(15,16)17)11(7-10)13(19)20/h3-4,7,9H,2,5-6,8H2,1H3,(H,19,20). The number of carboxylic acid groups (broad SMARTS) is 1. The molecule has 1 N–H and O–H groups in total. The molecule has 0 amide bonds. The van der Waals surface area contributed by atoms with E-state index in [0.717, 1.165) is 38.1 Å². The predicted octanol–water partition coefficient (Wildman–Crippen LogP) is 3.64. The molecule has 3 nitrogen and oxygen atoms in total. The van der Waals surface area contributed by atoms with Gasteiger partial charge < -0.3 is 10.0 Å². The Hall–Kier alpha value is -1.72. The summed E-state index contributed by atoms with van der Waals surface area (Å²) in [5.41, 5.74) is -1.23. The van der Waals surface area contributed by atoms with E-state index in [1.165, 1.54) is 6.07 Å². The molecule has 0 spiro atoms. The summed E-state index contributed by atoms with van der Waals surface area (Å²) in [6, 6.07) is 3.34. The lowest BCUT2D eigenvalue weighted by Crippen LogP contribution is -2.21. The predicted molar refractivity (Wildman–Crippen MR) is 69.0 cm³/mol. The average Bonchev–Trinajstić information content (AvgIpc) is 2.85. The smallest absolute Gasteiger partial charge is 0.417 e. The van der Waals surface area contributed by atoms with Crippen molar-refractivity contribution in [2.75, 3.05) is 18.0 Å². The van der Waals surface area contributed by atoms with E-state index < -0.39 is 23.3 Å². The molecule has 0 bridgehead atoms. The zero-order valence-corrected chi connectivity index (χ0v) is 11.1. The lowest BCUT2D eigenvalue weighted by Gasteiger charge is -2.20. The van der Waals surface area contributed by atoms with Gasteiger partial charge in [0.25, 0.3) is 0 Å². The van der Waals surface area contributed by atoms with Crippen molar-refractivity contribution in [3.8, 4) is 0 Å². The van der Waals surface area contributed by atoms with E-state index in [0.29, 0.717) is 11.6 Å². The Morgan fingerprint density at radius 3 is 2.65 bits per heavy atom. The molecule has 110 valence electrons. The van der Waals surface area contributed by atoms with Gasteiger partial charge in [-0.15, -0.1) is 0 Å². The van der Waals surface area contributed by atoms with E-state index in [9.17, 15) is 18.0 Å². The highest BCUT2D eigenvalue weighted by atomic mass is 19.4. The van der Waals surface area contributed by atoms with Gasteiger partial charge in [0, 0.05) is 18.8 Å². The Morgan fingerprint density at radius 1 is 1.45 bits per heavy atom. The maximum Gasteiger partial charge on any atom is 0.417 e. The molecule has 6 heteroatoms. The van der Waals surface area contributed by atoms with Crippen LogP contribution in [0.15, 0.2) is 18.2 Å². The molecular weight excluding hydrogens is 271 g/mol. The average molecular weight is 287 g/mol. The van der Waals surface area contributed by atoms with Crippen LogP contribution in [0.5, 0.6) is 0 Å². The molecule has 1 atom stereocenters. The molecule has 1 heterocycles. The number of hydrogen-bond acceptors (Lipinski definition) is 2. The summed E-state index contributed by atoms with van der Waals surface area (Å²) < 4.78 is 38.3. The molecular formula is C14H16F3NO2. The first-order valence-electron chi connectivity index (χ1n) is 6.52. The van der Waals surface area contributed by atoms with Crippen LogP contribution in [0, 0.1) is 5.92 Å². The molecule has 0 radical (unpaired) electrons. The molecule has 2 rings (SSSR count). The minimum atomic E-state index is -4.65. The number of aromatic carboxylic acids is 1. The molecule has 1 fully saturated rings. The van der Waals surface area contributed by atoms with Gasteiger partial charge in [0.1, 0.15) is 0 Å². The first-order valence-corrected chi connectivity index (χ1v) is 6.52. The fourth-order valence-electron chi connectivity index (χ4n) is 2.55. The monoisotopic (exact) mass is 287 g/mol. The van der Waals surface area contributed by atoms with Gasteiger partial charge in [0.05, 0.1) is 11.1 Å². The number of anilines is 1. The van der Waals surface area contributed by atoms with E-state index >= 15 is 0 Å². The minimum absolute atomic E-state index is 0.519. The topological polar surface area (TPSA) is 40.5 Å². The third kappa shape index (κ3) is 2.89. The molecule has 1 saturated heterocycles. The van der Waals surface area contributed by atoms with Crippen molar-refractivity contribution in [3.63, 3.8) is 0 Å². The van der Waals surface area contributed by atoms with Crippen LogP contribution in [0.3, 0.4) is 0 Å². The van der Waals surface area contributed by atoms with Gasteiger partial charge in [-0.1, -0.05) is 13.3 Å². The lowest BCUT2D eigenvalue weighted by molar-refractivity contribution is -0.138. The molecule has 1 aliphatic heterocycles. The Morgan fingerprint density at radius 2 is 2.15 bits per heavy atom. The number of rotatable bonds is 3. The second-order valence-electron chi connectivity index (χ2n) is 5.04. The van der Waals surface area contributed by atoms with Crippen LogP contribution < -0.4 is 4.90 Å². The summed E-state index contributed by atoms with van der Waals surface area (Å²) >= 11 is 0. The molecule has 1 aromatic rings. The number of nitrogens with zero attached hydrogens (tertiary/aromatic N) is 1. The number of carboxylic acids is 1. The summed E-state index contributed by atoms with van der Waals surface area (Å²) in [6.07, 6.45) is -2.65. The first kappa shape index (κ1) is 14.7. The Kier molecular flexibility index (Phi) is 3.92. The SMILES string of the molecule is CCC1CCN(c2ccc(C(F)(F)F)c(C(=O)O)c2)C1. The third-order valence-corrected chi connectivity index (χ3v) is 3.77. The van der Waals surface area contributed by atoms with Gasteiger partial charge >= 0.3 is 12.1 Å². The van der Waals surface area contributed by atoms with E-state index in [1.807, 2.05) is 4.90 Å². The number of alkyl halides is 3. The maximum absolute atomic E-state index is 12.8. The minimum Gasteiger partial charge on any atom is -0.478 e. The van der Waals surface area contributed by atoms with Gasteiger partial charge in [-0.05, 0) is 30.5 Å². The maximum atomic E-state index is 12.8. The molecule has 1 unspecified atom stereocenters. The Bertz CT molecular complexity index is 514. The number of carbonyl (C=O) groups is 1. The zero-order valence-electron chi connectivity index (χ0n) is 11.1. The molecule has 0 saturated carbocycles. The number of benzene rings is 1. The largest absolute Gasteiger partial charge is 0.478 e. The van der Waals surface area contributed by atoms with Crippen molar-refractivity contribution < 1.29 is 23.1 Å². The van der Waals surface area contributed by atoms with Crippen molar-refractivity contribution >= 4 is 11.7 Å². The Labute approximate surface area is 115 Å². The van der Waals surface area contributed by atoms with Crippen molar-refractivity contribution in [3.05, 3.63) is 29.3 Å². The van der Waals surface area contributed by atoms with Gasteiger partial charge in [-0.2, -0.15) is 13.2 Å². The molecule has 0 aliphatic carbocycles. The van der Waals surface area contributed by atoms with E-state index in [4.69, 9.17) is 5.11 Å². The van der Waals surface area contributed by atoms with E-state index in [1.54, 1.807) is 0 Å². The fourth-order valence-corrected chi connectivity index (χ4v) is 2.55. The lowest BCUT2D eigenvalue weighted by atomic mass is 10.1. The quantitative estimate of drug-likeness (QED) is 0.922. The highest BCUT2D eigenvalue weighted by Crippen LogP contribution is 2.35. The van der Waals surface area contributed by atoms with Crippen LogP contribution in [0.2, 0.25) is 0 Å². The van der Waals surface area contributed by atoms with Crippen LogP contribution in [0.1, 0.15) is 35.7 Å². The highest BCUT2D eigenvalue weighted by molar-refractivity contribution is 5.91. The number of halogens is 3. The summed E-state index contributed by atoms with van der Waals surface area (Å²) in [5.74, 6) is -1.03. The second-order valence-corrected chi connectivity index (χ2v) is 5.04. The zero-order chi connectivity index (χ0) is 14.9. The van der Waals surface area contributed by atoms with Crippen molar-refractivity contribution in [2.24, 2.45) is 5.92 Å². The van der Waals surface area contributed by atoms with Crippen molar-refractivity contribution in [1.82, 2.24) is 0 Å². The van der Waals surface area contributed by atoms with Crippen LogP contribution >= 0.6 is 0 Å². The normalized spacial score (nSPS) is 19.4. The molecule has 1 aliphatic rings. The molecule has 1 aromatic carbocycles. The molecule has 0 aromatic heterocycles. The van der Waals surface area contributed by atoms with Crippen LogP contribution in [0.4, 0.5) is 18.9 Å². The fraction of sp³-hybridized carbons (Fsp3) is 0.500. The third-order valence-electron chi connectivity index (χ3n) is 3.77. The van der Waals surface area contributed by atoms with Crippen molar-refractivity contribution in [1.29, 1.82) is 0 Å². The summed E-state index contributed by atoms with van der Waals surface area (Å²) in [7, 11) is 0. The summed E-state index contributed by atoms with van der Waals surface area (Å²) in [5, 5.41) is 8.98. The molecule has 20 heavy (non-hydrogen) atoms. The van der Waals surface area contributed by atoms with E-state index in [2.05, 4.69) is 6.92 Å².